The van der Waals surface area contributed by atoms with Crippen LogP contribution in [0.4, 0.5) is 0 Å². The number of nitrogens with zero attached hydrogens (tertiary/aromatic N) is 3. The molecule has 3 rings (SSSR count). The van der Waals surface area contributed by atoms with Gasteiger partial charge in [0.2, 0.25) is 0 Å². The first-order valence-corrected chi connectivity index (χ1v) is 7.93. The van der Waals surface area contributed by atoms with Gasteiger partial charge in [-0.3, -0.25) is 4.79 Å². The fourth-order valence-corrected chi connectivity index (χ4v) is 2.91. The van der Waals surface area contributed by atoms with Gasteiger partial charge in [0, 0.05) is 19.0 Å². The van der Waals surface area contributed by atoms with E-state index in [0.29, 0.717) is 18.0 Å². The van der Waals surface area contributed by atoms with Gasteiger partial charge in [0.25, 0.3) is 5.91 Å². The molecule has 122 valence electrons. The van der Waals surface area contributed by atoms with Crippen molar-refractivity contribution in [3.8, 4) is 5.75 Å². The second-order valence-corrected chi connectivity index (χ2v) is 6.50. The predicted octanol–water partition coefficient (Wildman–Crippen LogP) is 2.33. The van der Waals surface area contributed by atoms with Crippen LogP contribution in [-0.2, 0) is 0 Å². The average Bonchev–Trinajstić information content (AvgIpc) is 2.62. The Kier molecular flexibility index (Phi) is 4.22. The van der Waals surface area contributed by atoms with Gasteiger partial charge in [-0.25, -0.2) is 4.98 Å². The van der Waals surface area contributed by atoms with E-state index in [1.165, 1.54) is 0 Å². The van der Waals surface area contributed by atoms with Crippen LogP contribution >= 0.6 is 0 Å². The van der Waals surface area contributed by atoms with Gasteiger partial charge < -0.3 is 14.5 Å². The maximum atomic E-state index is 12.6. The van der Waals surface area contributed by atoms with Crippen LogP contribution in [0.25, 0.3) is 10.9 Å². The molecule has 0 bridgehead atoms. The third kappa shape index (κ3) is 3.15. The molecule has 0 radical (unpaired) electrons. The van der Waals surface area contributed by atoms with Crippen LogP contribution in [0, 0.1) is 6.92 Å². The summed E-state index contributed by atoms with van der Waals surface area (Å²) in [6.45, 7) is 3.51. The van der Waals surface area contributed by atoms with Crippen molar-refractivity contribution in [2.45, 2.75) is 19.4 Å². The van der Waals surface area contributed by atoms with Crippen molar-refractivity contribution >= 4 is 16.8 Å². The summed E-state index contributed by atoms with van der Waals surface area (Å²) < 4.78 is 6.14. The molecule has 23 heavy (non-hydrogen) atoms. The summed E-state index contributed by atoms with van der Waals surface area (Å²) in [5, 5.41) is 1.01. The topological polar surface area (TPSA) is 45.7 Å². The van der Waals surface area contributed by atoms with Gasteiger partial charge >= 0.3 is 0 Å². The Hall–Kier alpha value is -2.14. The molecule has 1 amide bonds. The van der Waals surface area contributed by atoms with Gasteiger partial charge in [-0.05, 0) is 39.1 Å². The fraction of sp³-hybridized carbons (Fsp3) is 0.444. The Morgan fingerprint density at radius 1 is 1.39 bits per heavy atom. The maximum Gasteiger partial charge on any atom is 0.276 e. The molecule has 0 aliphatic carbocycles. The highest BCUT2D eigenvalue weighted by Gasteiger charge is 2.28. The number of amides is 1. The minimum atomic E-state index is -0.0718. The number of carbonyl (C=O) groups excluding carboxylic acids is 1. The first-order valence-electron chi connectivity index (χ1n) is 7.93. The lowest BCUT2D eigenvalue weighted by Gasteiger charge is -2.21. The van der Waals surface area contributed by atoms with E-state index in [4.69, 9.17) is 4.74 Å². The van der Waals surface area contributed by atoms with Crippen LogP contribution in [0.1, 0.15) is 22.5 Å². The number of likely N-dealkylation sites (N-methyl/N-ethyl adjacent to an activating group) is 1. The largest absolute Gasteiger partial charge is 0.486 e. The Balaban J connectivity index is 2.02. The monoisotopic (exact) mass is 313 g/mol. The Labute approximate surface area is 136 Å². The van der Waals surface area contributed by atoms with Crippen LogP contribution in [0.2, 0.25) is 0 Å². The quantitative estimate of drug-likeness (QED) is 0.872. The molecular formula is C18H23N3O2. The molecule has 2 aromatic rings. The highest BCUT2D eigenvalue weighted by Crippen LogP contribution is 2.29. The number of benzene rings is 1. The summed E-state index contributed by atoms with van der Waals surface area (Å²) in [6.07, 6.45) is 0.854. The number of para-hydroxylation sites is 1. The summed E-state index contributed by atoms with van der Waals surface area (Å²) in [5.74, 6) is 0.527. The lowest BCUT2D eigenvalue weighted by molar-refractivity contribution is 0.0747. The van der Waals surface area contributed by atoms with Crippen LogP contribution < -0.4 is 4.74 Å². The Bertz CT molecular complexity index is 742. The summed E-state index contributed by atoms with van der Waals surface area (Å²) >= 11 is 0. The number of hydrogen-bond donors (Lipinski definition) is 0. The second kappa shape index (κ2) is 6.16. The van der Waals surface area contributed by atoms with Gasteiger partial charge in [-0.15, -0.1) is 0 Å². The summed E-state index contributed by atoms with van der Waals surface area (Å²) in [4.78, 5) is 21.1. The highest BCUT2D eigenvalue weighted by molar-refractivity contribution is 5.98. The van der Waals surface area contributed by atoms with E-state index in [2.05, 4.69) is 9.88 Å². The van der Waals surface area contributed by atoms with Crippen molar-refractivity contribution in [3.63, 3.8) is 0 Å². The highest BCUT2D eigenvalue weighted by atomic mass is 16.5. The summed E-state index contributed by atoms with van der Waals surface area (Å²) in [6, 6.07) is 7.96. The number of aromatic nitrogens is 1. The van der Waals surface area contributed by atoms with Gasteiger partial charge in [0.1, 0.15) is 6.10 Å². The molecule has 0 saturated heterocycles. The Morgan fingerprint density at radius 3 is 2.91 bits per heavy atom. The van der Waals surface area contributed by atoms with Gasteiger partial charge in [0.15, 0.2) is 11.4 Å². The molecule has 1 aliphatic heterocycles. The number of hydrogen-bond acceptors (Lipinski definition) is 4. The van der Waals surface area contributed by atoms with E-state index in [9.17, 15) is 4.79 Å². The maximum absolute atomic E-state index is 12.6. The van der Waals surface area contributed by atoms with E-state index in [-0.39, 0.29) is 12.0 Å². The molecule has 1 aromatic heterocycles. The normalized spacial score (nSPS) is 18.0. The molecule has 5 heteroatoms. The lowest BCUT2D eigenvalue weighted by atomic mass is 10.1. The van der Waals surface area contributed by atoms with Crippen LogP contribution in [-0.4, -0.2) is 61.0 Å². The van der Waals surface area contributed by atoms with Crippen molar-refractivity contribution in [3.05, 3.63) is 35.5 Å². The first kappa shape index (κ1) is 15.7. The molecule has 2 heterocycles. The zero-order chi connectivity index (χ0) is 16.6. The number of pyridine rings is 1. The SMILES string of the molecule is Cc1cccc2cc3c(nc12)C(=O)N(C)CC(CCN(C)C)O3. The van der Waals surface area contributed by atoms with E-state index >= 15 is 0 Å². The zero-order valence-electron chi connectivity index (χ0n) is 14.2. The number of fused-ring (bicyclic) bond motifs is 2. The molecule has 1 aliphatic rings. The van der Waals surface area contributed by atoms with Crippen molar-refractivity contribution < 1.29 is 9.53 Å². The average molecular weight is 313 g/mol. The fourth-order valence-electron chi connectivity index (χ4n) is 2.91. The molecule has 1 unspecified atom stereocenters. The molecule has 0 saturated carbocycles. The molecule has 0 fully saturated rings. The smallest absolute Gasteiger partial charge is 0.276 e. The second-order valence-electron chi connectivity index (χ2n) is 6.50. The molecule has 1 atom stereocenters. The molecule has 0 N–H and O–H groups in total. The van der Waals surface area contributed by atoms with Crippen molar-refractivity contribution in [2.24, 2.45) is 0 Å². The molecule has 5 nitrogen and oxygen atoms in total. The van der Waals surface area contributed by atoms with Gasteiger partial charge in [-0.2, -0.15) is 0 Å². The van der Waals surface area contributed by atoms with Crippen molar-refractivity contribution in [2.75, 3.05) is 34.2 Å². The Morgan fingerprint density at radius 2 is 2.17 bits per heavy atom. The van der Waals surface area contributed by atoms with E-state index in [0.717, 1.165) is 29.4 Å². The molecule has 0 spiro atoms. The number of aryl methyl sites for hydroxylation is 1. The van der Waals surface area contributed by atoms with Crippen LogP contribution in [0.5, 0.6) is 5.75 Å². The van der Waals surface area contributed by atoms with Gasteiger partial charge in [0.05, 0.1) is 12.1 Å². The van der Waals surface area contributed by atoms with Gasteiger partial charge in [-0.1, -0.05) is 18.2 Å². The standard InChI is InChI=1S/C18H23N3O2/c1-12-6-5-7-13-10-15-17(19-16(12)13)18(22)21(4)11-14(23-15)8-9-20(2)3/h5-7,10,14H,8-9,11H2,1-4H3. The summed E-state index contributed by atoms with van der Waals surface area (Å²) in [5.41, 5.74) is 2.35. The minimum absolute atomic E-state index is 0.0170. The molecular weight excluding hydrogens is 290 g/mol. The van der Waals surface area contributed by atoms with Crippen molar-refractivity contribution in [1.82, 2.24) is 14.8 Å². The van der Waals surface area contributed by atoms with E-state index in [1.807, 2.05) is 52.3 Å². The minimum Gasteiger partial charge on any atom is -0.486 e. The van der Waals surface area contributed by atoms with Crippen LogP contribution in [0.15, 0.2) is 24.3 Å². The summed E-state index contributed by atoms with van der Waals surface area (Å²) in [7, 11) is 5.89. The van der Waals surface area contributed by atoms with Crippen LogP contribution in [0.3, 0.4) is 0 Å². The number of rotatable bonds is 3. The third-order valence-electron chi connectivity index (χ3n) is 4.23. The van der Waals surface area contributed by atoms with Crippen molar-refractivity contribution in [1.29, 1.82) is 0 Å². The lowest BCUT2D eigenvalue weighted by Crippen LogP contribution is -2.35. The van der Waals surface area contributed by atoms with E-state index in [1.54, 1.807) is 4.90 Å². The third-order valence-corrected chi connectivity index (χ3v) is 4.23. The molecule has 1 aromatic carbocycles. The van der Waals surface area contributed by atoms with E-state index < -0.39 is 0 Å². The predicted molar refractivity (Wildman–Crippen MR) is 91.0 cm³/mol. The number of carbonyl (C=O) groups is 1. The number of ether oxygens (including phenoxy) is 1. The first-order chi connectivity index (χ1) is 11.0. The zero-order valence-corrected chi connectivity index (χ0v) is 14.2.